The Labute approximate surface area is 155 Å². The van der Waals surface area contributed by atoms with E-state index in [4.69, 9.17) is 16.3 Å². The van der Waals surface area contributed by atoms with Gasteiger partial charge in [0.1, 0.15) is 5.75 Å². The molecule has 2 heterocycles. The van der Waals surface area contributed by atoms with Gasteiger partial charge >= 0.3 is 0 Å². The van der Waals surface area contributed by atoms with Crippen LogP contribution in [0.2, 0.25) is 5.02 Å². The minimum absolute atomic E-state index is 0.283. The van der Waals surface area contributed by atoms with Gasteiger partial charge in [-0.15, -0.1) is 5.10 Å². The van der Waals surface area contributed by atoms with E-state index in [1.807, 2.05) is 37.3 Å². The number of ether oxygens (including phenoxy) is 1. The Morgan fingerprint density at radius 3 is 3.00 bits per heavy atom. The van der Waals surface area contributed by atoms with E-state index < -0.39 is 0 Å². The second-order valence-corrected chi connectivity index (χ2v) is 6.44. The molecular formula is C19H17ClN4O2. The second-order valence-electron chi connectivity index (χ2n) is 6.01. The third kappa shape index (κ3) is 3.04. The molecule has 0 atom stereocenters. The molecule has 0 radical (unpaired) electrons. The van der Waals surface area contributed by atoms with Gasteiger partial charge in [-0.3, -0.25) is 4.79 Å². The molecule has 6 nitrogen and oxygen atoms in total. The van der Waals surface area contributed by atoms with Crippen molar-refractivity contribution in [2.24, 2.45) is 0 Å². The van der Waals surface area contributed by atoms with Gasteiger partial charge in [0, 0.05) is 17.1 Å². The van der Waals surface area contributed by atoms with E-state index in [1.165, 1.54) is 0 Å². The van der Waals surface area contributed by atoms with Crippen LogP contribution in [-0.2, 0) is 12.8 Å². The predicted molar refractivity (Wildman–Crippen MR) is 99.3 cm³/mol. The average Bonchev–Trinajstić information content (AvgIpc) is 3.27. The van der Waals surface area contributed by atoms with Gasteiger partial charge < -0.3 is 10.1 Å². The molecule has 0 aliphatic carbocycles. The van der Waals surface area contributed by atoms with Crippen LogP contribution >= 0.6 is 11.6 Å². The van der Waals surface area contributed by atoms with Gasteiger partial charge in [-0.25, -0.2) is 4.68 Å². The van der Waals surface area contributed by atoms with Gasteiger partial charge in [0.15, 0.2) is 5.69 Å². The average molecular weight is 369 g/mol. The monoisotopic (exact) mass is 368 g/mol. The Balaban J connectivity index is 1.62. The number of amides is 1. The first-order chi connectivity index (χ1) is 12.7. The van der Waals surface area contributed by atoms with Crippen LogP contribution in [0, 0.1) is 0 Å². The zero-order valence-electron chi connectivity index (χ0n) is 14.2. The Kier molecular flexibility index (Phi) is 4.34. The van der Waals surface area contributed by atoms with E-state index in [9.17, 15) is 4.79 Å². The summed E-state index contributed by atoms with van der Waals surface area (Å²) in [5.74, 6) is 0.596. The third-order valence-corrected chi connectivity index (χ3v) is 4.55. The molecule has 0 spiro atoms. The van der Waals surface area contributed by atoms with Gasteiger partial charge in [-0.05, 0) is 48.4 Å². The van der Waals surface area contributed by atoms with E-state index in [0.717, 1.165) is 34.8 Å². The molecule has 0 saturated carbocycles. The summed E-state index contributed by atoms with van der Waals surface area (Å²) in [6.07, 6.45) is 1.46. The number of carbonyl (C=O) groups excluding carboxylic acids is 1. The molecule has 132 valence electrons. The fourth-order valence-electron chi connectivity index (χ4n) is 3.07. The molecular weight excluding hydrogens is 352 g/mol. The van der Waals surface area contributed by atoms with Crippen LogP contribution in [0.25, 0.3) is 5.69 Å². The van der Waals surface area contributed by atoms with Crippen molar-refractivity contribution in [2.75, 3.05) is 11.9 Å². The number of halogens is 1. The molecule has 0 bridgehead atoms. The normalized spacial score (nSPS) is 12.5. The molecule has 2 aromatic carbocycles. The number of rotatable bonds is 4. The predicted octanol–water partition coefficient (Wildman–Crippen LogP) is 3.67. The number of benzene rings is 2. The van der Waals surface area contributed by atoms with E-state index >= 15 is 0 Å². The van der Waals surface area contributed by atoms with Gasteiger partial charge in [-0.1, -0.05) is 29.8 Å². The highest BCUT2D eigenvalue weighted by Crippen LogP contribution is 2.28. The number of hydrogen-bond donors (Lipinski definition) is 1. The third-order valence-electron chi connectivity index (χ3n) is 4.31. The minimum Gasteiger partial charge on any atom is -0.493 e. The van der Waals surface area contributed by atoms with Crippen LogP contribution in [0.1, 0.15) is 28.7 Å². The van der Waals surface area contributed by atoms with Crippen LogP contribution in [-0.4, -0.2) is 27.5 Å². The Morgan fingerprint density at radius 2 is 2.19 bits per heavy atom. The second kappa shape index (κ2) is 6.80. The van der Waals surface area contributed by atoms with Crippen LogP contribution in [0.15, 0.2) is 42.5 Å². The Hall–Kier alpha value is -2.86. The largest absolute Gasteiger partial charge is 0.493 e. The highest BCUT2D eigenvalue weighted by atomic mass is 35.5. The Bertz CT molecular complexity index is 983. The zero-order chi connectivity index (χ0) is 18.1. The van der Waals surface area contributed by atoms with Crippen molar-refractivity contribution in [1.29, 1.82) is 0 Å². The maximum atomic E-state index is 12.7. The summed E-state index contributed by atoms with van der Waals surface area (Å²) in [6, 6.07) is 12.9. The molecule has 1 aliphatic heterocycles. The van der Waals surface area contributed by atoms with Gasteiger partial charge in [0.25, 0.3) is 5.91 Å². The van der Waals surface area contributed by atoms with Crippen molar-refractivity contribution in [1.82, 2.24) is 15.0 Å². The summed E-state index contributed by atoms with van der Waals surface area (Å²) in [4.78, 5) is 12.7. The molecule has 3 aromatic rings. The topological polar surface area (TPSA) is 69.0 Å². The van der Waals surface area contributed by atoms with Crippen molar-refractivity contribution in [3.63, 3.8) is 0 Å². The lowest BCUT2D eigenvalue weighted by atomic mass is 10.1. The molecule has 1 aromatic heterocycles. The summed E-state index contributed by atoms with van der Waals surface area (Å²) in [6.45, 7) is 2.64. The van der Waals surface area contributed by atoms with Crippen LogP contribution in [0.5, 0.6) is 5.75 Å². The fourth-order valence-corrected chi connectivity index (χ4v) is 3.25. The highest BCUT2D eigenvalue weighted by molar-refractivity contribution is 6.30. The van der Waals surface area contributed by atoms with Crippen LogP contribution in [0.4, 0.5) is 5.69 Å². The number of nitrogens with zero attached hydrogens (tertiary/aromatic N) is 3. The summed E-state index contributed by atoms with van der Waals surface area (Å²) in [5.41, 5.74) is 3.63. The molecule has 7 heteroatoms. The van der Waals surface area contributed by atoms with E-state index in [1.54, 1.807) is 16.8 Å². The maximum Gasteiger partial charge on any atom is 0.278 e. The molecule has 1 aliphatic rings. The fraction of sp³-hybridized carbons (Fsp3) is 0.211. The maximum absolute atomic E-state index is 12.7. The number of hydrogen-bond acceptors (Lipinski definition) is 4. The van der Waals surface area contributed by atoms with Crippen molar-refractivity contribution in [3.05, 3.63) is 64.4 Å². The number of nitrogens with one attached hydrogen (secondary N) is 1. The van der Waals surface area contributed by atoms with Crippen molar-refractivity contribution >= 4 is 23.2 Å². The first kappa shape index (κ1) is 16.6. The molecule has 4 rings (SSSR count). The first-order valence-electron chi connectivity index (χ1n) is 8.43. The van der Waals surface area contributed by atoms with E-state index in [2.05, 4.69) is 15.6 Å². The standard InChI is InChI=1S/C19H17ClN4O2/c1-2-16-18(22-23-24(16)15-5-3-4-13(20)11-15)19(25)21-14-6-7-17-12(10-14)8-9-26-17/h3-7,10-11H,2,8-9H2,1H3,(H,21,25). The zero-order valence-corrected chi connectivity index (χ0v) is 15.0. The molecule has 26 heavy (non-hydrogen) atoms. The first-order valence-corrected chi connectivity index (χ1v) is 8.81. The quantitative estimate of drug-likeness (QED) is 0.762. The lowest BCUT2D eigenvalue weighted by Crippen LogP contribution is -2.15. The minimum atomic E-state index is -0.283. The molecule has 1 amide bonds. The lowest BCUT2D eigenvalue weighted by molar-refractivity contribution is 0.102. The van der Waals surface area contributed by atoms with Crippen LogP contribution < -0.4 is 10.1 Å². The van der Waals surface area contributed by atoms with Crippen LogP contribution in [0.3, 0.4) is 0 Å². The lowest BCUT2D eigenvalue weighted by Gasteiger charge is -2.08. The van der Waals surface area contributed by atoms with Gasteiger partial charge in [-0.2, -0.15) is 0 Å². The smallest absolute Gasteiger partial charge is 0.278 e. The summed E-state index contributed by atoms with van der Waals surface area (Å²) >= 11 is 6.06. The summed E-state index contributed by atoms with van der Waals surface area (Å²) in [7, 11) is 0. The van der Waals surface area contributed by atoms with Gasteiger partial charge in [0.2, 0.25) is 0 Å². The SMILES string of the molecule is CCc1c(C(=O)Nc2ccc3c(c2)CCO3)nnn1-c1cccc(Cl)c1. The molecule has 0 saturated heterocycles. The molecule has 0 fully saturated rings. The highest BCUT2D eigenvalue weighted by Gasteiger charge is 2.20. The number of fused-ring (bicyclic) bond motifs is 1. The van der Waals surface area contributed by atoms with Crippen molar-refractivity contribution < 1.29 is 9.53 Å². The van der Waals surface area contributed by atoms with E-state index in [0.29, 0.717) is 23.7 Å². The van der Waals surface area contributed by atoms with Crippen molar-refractivity contribution in [3.8, 4) is 11.4 Å². The van der Waals surface area contributed by atoms with Crippen molar-refractivity contribution in [2.45, 2.75) is 19.8 Å². The molecule has 1 N–H and O–H groups in total. The number of carbonyl (C=O) groups is 1. The number of anilines is 1. The van der Waals surface area contributed by atoms with Gasteiger partial charge in [0.05, 0.1) is 18.0 Å². The summed E-state index contributed by atoms with van der Waals surface area (Å²) in [5, 5.41) is 11.7. The molecule has 0 unspecified atom stereocenters. The number of aromatic nitrogens is 3. The summed E-state index contributed by atoms with van der Waals surface area (Å²) < 4.78 is 7.14. The Morgan fingerprint density at radius 1 is 1.31 bits per heavy atom. The van der Waals surface area contributed by atoms with E-state index in [-0.39, 0.29) is 5.91 Å².